The van der Waals surface area contributed by atoms with E-state index >= 15 is 0 Å². The number of carboxylic acids is 1. The van der Waals surface area contributed by atoms with Crippen molar-refractivity contribution in [1.82, 2.24) is 4.90 Å². The van der Waals surface area contributed by atoms with E-state index in [1.54, 1.807) is 6.07 Å². The smallest absolute Gasteiger partial charge is 0.338 e. The molecule has 0 aromatic heterocycles. The van der Waals surface area contributed by atoms with Gasteiger partial charge in [-0.3, -0.25) is 0 Å². The van der Waals surface area contributed by atoms with Crippen LogP contribution in [0.1, 0.15) is 24.2 Å². The fourth-order valence-corrected chi connectivity index (χ4v) is 1.70. The molecule has 0 radical (unpaired) electrons. The molecule has 1 aromatic rings. The van der Waals surface area contributed by atoms with Crippen molar-refractivity contribution in [2.24, 2.45) is 0 Å². The van der Waals surface area contributed by atoms with Crippen molar-refractivity contribution in [3.63, 3.8) is 0 Å². The van der Waals surface area contributed by atoms with Crippen LogP contribution >= 0.6 is 0 Å². The molecule has 0 saturated carbocycles. The highest BCUT2D eigenvalue weighted by atomic mass is 19.1. The van der Waals surface area contributed by atoms with E-state index in [0.717, 1.165) is 19.6 Å². The standard InChI is InChI=1S/C13H19FN2O2/c1-3-16(4-2)8-7-15-10-5-6-11(13(17)18)12(14)9-10/h5-6,9,15H,3-4,7-8H2,1-2H3,(H,17,18). The van der Waals surface area contributed by atoms with Crippen LogP contribution in [0.2, 0.25) is 0 Å². The van der Waals surface area contributed by atoms with Gasteiger partial charge in [-0.25, -0.2) is 9.18 Å². The van der Waals surface area contributed by atoms with Crippen molar-refractivity contribution < 1.29 is 14.3 Å². The van der Waals surface area contributed by atoms with E-state index in [1.807, 2.05) is 0 Å². The van der Waals surface area contributed by atoms with Gasteiger partial charge in [0.1, 0.15) is 5.82 Å². The van der Waals surface area contributed by atoms with Crippen molar-refractivity contribution >= 4 is 11.7 Å². The van der Waals surface area contributed by atoms with Crippen LogP contribution in [0.3, 0.4) is 0 Å². The van der Waals surface area contributed by atoms with Crippen LogP contribution in [-0.4, -0.2) is 42.2 Å². The number of nitrogens with one attached hydrogen (secondary N) is 1. The quantitative estimate of drug-likeness (QED) is 0.783. The zero-order chi connectivity index (χ0) is 13.5. The Morgan fingerprint density at radius 3 is 2.56 bits per heavy atom. The molecule has 0 heterocycles. The topological polar surface area (TPSA) is 52.6 Å². The van der Waals surface area contributed by atoms with Crippen molar-refractivity contribution in [3.05, 3.63) is 29.6 Å². The Bertz CT molecular complexity index is 406. The molecule has 1 rings (SSSR count). The van der Waals surface area contributed by atoms with Crippen LogP contribution in [-0.2, 0) is 0 Å². The average molecular weight is 254 g/mol. The van der Waals surface area contributed by atoms with Gasteiger partial charge in [-0.05, 0) is 31.3 Å². The highest BCUT2D eigenvalue weighted by Gasteiger charge is 2.10. The third-order valence-electron chi connectivity index (χ3n) is 2.85. The molecule has 4 nitrogen and oxygen atoms in total. The van der Waals surface area contributed by atoms with Gasteiger partial charge in [-0.1, -0.05) is 13.8 Å². The summed E-state index contributed by atoms with van der Waals surface area (Å²) < 4.78 is 13.4. The lowest BCUT2D eigenvalue weighted by molar-refractivity contribution is 0.0692. The van der Waals surface area contributed by atoms with E-state index < -0.39 is 11.8 Å². The number of anilines is 1. The fourth-order valence-electron chi connectivity index (χ4n) is 1.70. The first kappa shape index (κ1) is 14.4. The molecule has 1 aromatic carbocycles. The van der Waals surface area contributed by atoms with Gasteiger partial charge < -0.3 is 15.3 Å². The van der Waals surface area contributed by atoms with Gasteiger partial charge in [0.15, 0.2) is 0 Å². The zero-order valence-electron chi connectivity index (χ0n) is 10.7. The van der Waals surface area contributed by atoms with Crippen LogP contribution in [0.15, 0.2) is 18.2 Å². The lowest BCUT2D eigenvalue weighted by Gasteiger charge is -2.18. The highest BCUT2D eigenvalue weighted by Crippen LogP contribution is 2.14. The number of halogens is 1. The van der Waals surface area contributed by atoms with E-state index in [1.165, 1.54) is 12.1 Å². The lowest BCUT2D eigenvalue weighted by atomic mass is 10.2. The van der Waals surface area contributed by atoms with Gasteiger partial charge in [0.05, 0.1) is 5.56 Å². The summed E-state index contributed by atoms with van der Waals surface area (Å²) in [5, 5.41) is 11.8. The van der Waals surface area contributed by atoms with Gasteiger partial charge in [-0.2, -0.15) is 0 Å². The maximum atomic E-state index is 13.4. The number of aromatic carboxylic acids is 1. The Morgan fingerprint density at radius 2 is 2.06 bits per heavy atom. The maximum Gasteiger partial charge on any atom is 0.338 e. The van der Waals surface area contributed by atoms with E-state index in [4.69, 9.17) is 5.11 Å². The Kier molecular flexibility index (Phi) is 5.58. The van der Waals surface area contributed by atoms with E-state index in [9.17, 15) is 9.18 Å². The molecule has 0 spiro atoms. The van der Waals surface area contributed by atoms with Gasteiger partial charge >= 0.3 is 5.97 Å². The van der Waals surface area contributed by atoms with Gasteiger partial charge in [0.25, 0.3) is 0 Å². The second kappa shape index (κ2) is 6.96. The first-order chi connectivity index (χ1) is 8.58. The molecule has 0 saturated heterocycles. The summed E-state index contributed by atoms with van der Waals surface area (Å²) in [6, 6.07) is 4.07. The molecular formula is C13H19FN2O2. The fraction of sp³-hybridized carbons (Fsp3) is 0.462. The van der Waals surface area contributed by atoms with Crippen molar-refractivity contribution in [2.75, 3.05) is 31.5 Å². The molecule has 5 heteroatoms. The van der Waals surface area contributed by atoms with Crippen LogP contribution in [0.5, 0.6) is 0 Å². The molecule has 2 N–H and O–H groups in total. The SMILES string of the molecule is CCN(CC)CCNc1ccc(C(=O)O)c(F)c1. The Balaban J connectivity index is 2.53. The van der Waals surface area contributed by atoms with Crippen LogP contribution in [0.25, 0.3) is 0 Å². The van der Waals surface area contributed by atoms with Crippen molar-refractivity contribution in [3.8, 4) is 0 Å². The summed E-state index contributed by atoms with van der Waals surface area (Å²) >= 11 is 0. The summed E-state index contributed by atoms with van der Waals surface area (Å²) in [7, 11) is 0. The summed E-state index contributed by atoms with van der Waals surface area (Å²) in [5.74, 6) is -1.96. The predicted octanol–water partition coefficient (Wildman–Crippen LogP) is 2.28. The first-order valence-corrected chi connectivity index (χ1v) is 6.07. The minimum Gasteiger partial charge on any atom is -0.478 e. The number of hydrogen-bond acceptors (Lipinski definition) is 3. The van der Waals surface area contributed by atoms with E-state index in [0.29, 0.717) is 12.2 Å². The normalized spacial score (nSPS) is 10.7. The van der Waals surface area contributed by atoms with Crippen molar-refractivity contribution in [1.29, 1.82) is 0 Å². The summed E-state index contributed by atoms with van der Waals surface area (Å²) in [6.45, 7) is 7.70. The molecule has 0 atom stereocenters. The minimum absolute atomic E-state index is 0.302. The molecule has 0 fully saturated rings. The van der Waals surface area contributed by atoms with Crippen LogP contribution < -0.4 is 5.32 Å². The Hall–Kier alpha value is -1.62. The number of hydrogen-bond donors (Lipinski definition) is 2. The molecule has 0 aliphatic carbocycles. The number of benzene rings is 1. The monoisotopic (exact) mass is 254 g/mol. The number of carboxylic acid groups (broad SMARTS) is 1. The highest BCUT2D eigenvalue weighted by molar-refractivity contribution is 5.88. The van der Waals surface area contributed by atoms with Crippen molar-refractivity contribution in [2.45, 2.75) is 13.8 Å². The first-order valence-electron chi connectivity index (χ1n) is 6.07. The number of nitrogens with zero attached hydrogens (tertiary/aromatic N) is 1. The average Bonchev–Trinajstić information content (AvgIpc) is 2.34. The van der Waals surface area contributed by atoms with Gasteiger partial charge in [0, 0.05) is 18.8 Å². The van der Waals surface area contributed by atoms with Gasteiger partial charge in [-0.15, -0.1) is 0 Å². The third kappa shape index (κ3) is 4.00. The van der Waals surface area contributed by atoms with E-state index in [-0.39, 0.29) is 5.56 Å². The second-order valence-corrected chi connectivity index (χ2v) is 3.95. The summed E-state index contributed by atoms with van der Waals surface area (Å²) in [5.41, 5.74) is 0.300. The number of likely N-dealkylation sites (N-methyl/N-ethyl adjacent to an activating group) is 1. The van der Waals surface area contributed by atoms with E-state index in [2.05, 4.69) is 24.1 Å². The van der Waals surface area contributed by atoms with Crippen LogP contribution in [0.4, 0.5) is 10.1 Å². The Morgan fingerprint density at radius 1 is 1.39 bits per heavy atom. The largest absolute Gasteiger partial charge is 0.478 e. The lowest BCUT2D eigenvalue weighted by Crippen LogP contribution is -2.28. The molecule has 18 heavy (non-hydrogen) atoms. The molecular weight excluding hydrogens is 235 g/mol. The Labute approximate surface area is 106 Å². The predicted molar refractivity (Wildman–Crippen MR) is 69.6 cm³/mol. The molecule has 0 aliphatic rings. The molecule has 0 amide bonds. The molecule has 0 bridgehead atoms. The van der Waals surface area contributed by atoms with Gasteiger partial charge in [0.2, 0.25) is 0 Å². The molecule has 0 unspecified atom stereocenters. The molecule has 0 aliphatic heterocycles. The summed E-state index contributed by atoms with van der Waals surface area (Å²) in [6.07, 6.45) is 0. The second-order valence-electron chi connectivity index (χ2n) is 3.95. The molecule has 100 valence electrons. The zero-order valence-corrected chi connectivity index (χ0v) is 10.7. The minimum atomic E-state index is -1.25. The number of rotatable bonds is 7. The maximum absolute atomic E-state index is 13.4. The van der Waals surface area contributed by atoms with Crippen LogP contribution in [0, 0.1) is 5.82 Å². The summed E-state index contributed by atoms with van der Waals surface area (Å²) in [4.78, 5) is 12.9. The number of carbonyl (C=O) groups is 1. The third-order valence-corrected chi connectivity index (χ3v) is 2.85.